The molecule has 2 aliphatic heterocycles. The van der Waals surface area contributed by atoms with Gasteiger partial charge in [-0.3, -0.25) is 9.59 Å². The second-order valence-electron chi connectivity index (χ2n) is 2.60. The maximum Gasteiger partial charge on any atom is 0.328 e. The van der Waals surface area contributed by atoms with E-state index in [2.05, 4.69) is 9.97 Å². The van der Waals surface area contributed by atoms with Crippen molar-refractivity contribution < 1.29 is 0 Å². The summed E-state index contributed by atoms with van der Waals surface area (Å²) in [5.41, 5.74) is 0. The van der Waals surface area contributed by atoms with E-state index in [0.29, 0.717) is 5.01 Å². The normalized spacial score (nSPS) is 11.4. The lowest BCUT2D eigenvalue weighted by Crippen LogP contribution is -1.90. The van der Waals surface area contributed by atoms with Crippen LogP contribution >= 0.6 is 34.0 Å². The fourth-order valence-electron chi connectivity index (χ4n) is 1.18. The molecule has 0 unspecified atom stereocenters. The van der Waals surface area contributed by atoms with Crippen molar-refractivity contribution in [1.29, 1.82) is 0 Å². The van der Waals surface area contributed by atoms with Crippen LogP contribution in [0.2, 0.25) is 0 Å². The van der Waals surface area contributed by atoms with Gasteiger partial charge in [-0.05, 0) is 6.07 Å². The summed E-state index contributed by atoms with van der Waals surface area (Å²) in [4.78, 5) is 30.0. The third-order valence-electron chi connectivity index (χ3n) is 1.70. The van der Waals surface area contributed by atoms with Crippen molar-refractivity contribution in [3.63, 3.8) is 0 Å². The van der Waals surface area contributed by atoms with E-state index in [4.69, 9.17) is 0 Å². The SMILES string of the molecule is O=c1nc2sc3[nH]c(=O)sc3cc-2s1. The van der Waals surface area contributed by atoms with Crippen LogP contribution in [0.1, 0.15) is 0 Å². The average molecular weight is 242 g/mol. The maximum absolute atomic E-state index is 11.0. The molecule has 3 heterocycles. The Bertz CT molecular complexity index is 633. The first-order valence-corrected chi connectivity index (χ1v) is 6.11. The van der Waals surface area contributed by atoms with E-state index in [0.717, 1.165) is 37.1 Å². The summed E-state index contributed by atoms with van der Waals surface area (Å²) in [5, 5.41) is 0.696. The number of nitrogens with one attached hydrogen (secondary N) is 1. The third kappa shape index (κ3) is 1.13. The largest absolute Gasteiger partial charge is 0.328 e. The molecule has 4 nitrogen and oxygen atoms in total. The molecule has 0 atom stereocenters. The summed E-state index contributed by atoms with van der Waals surface area (Å²) in [6.45, 7) is 0. The van der Waals surface area contributed by atoms with Gasteiger partial charge in [0.25, 0.3) is 0 Å². The quantitative estimate of drug-likeness (QED) is 0.651. The van der Waals surface area contributed by atoms with Gasteiger partial charge in [-0.25, -0.2) is 0 Å². The first-order chi connectivity index (χ1) is 6.72. The molecule has 0 bridgehead atoms. The summed E-state index contributed by atoms with van der Waals surface area (Å²) in [5.74, 6) is 0. The smallest absolute Gasteiger partial charge is 0.304 e. The molecule has 14 heavy (non-hydrogen) atoms. The van der Waals surface area contributed by atoms with Crippen LogP contribution in [0.15, 0.2) is 15.7 Å². The fraction of sp³-hybridized carbons (Fsp3) is 0. The Morgan fingerprint density at radius 1 is 1.21 bits per heavy atom. The van der Waals surface area contributed by atoms with Crippen LogP contribution in [0.3, 0.4) is 0 Å². The summed E-state index contributed by atoms with van der Waals surface area (Å²) in [7, 11) is 0. The first kappa shape index (κ1) is 8.27. The van der Waals surface area contributed by atoms with E-state index in [1.165, 1.54) is 11.3 Å². The van der Waals surface area contributed by atoms with Crippen LogP contribution in [-0.4, -0.2) is 9.97 Å². The lowest BCUT2D eigenvalue weighted by molar-refractivity contribution is 1.38. The monoisotopic (exact) mass is 242 g/mol. The van der Waals surface area contributed by atoms with Gasteiger partial charge in [0.15, 0.2) is 0 Å². The predicted octanol–water partition coefficient (Wildman–Crippen LogP) is 1.57. The fourth-order valence-corrected chi connectivity index (χ4v) is 3.97. The number of rotatable bonds is 0. The molecule has 0 spiro atoms. The average Bonchev–Trinajstić information content (AvgIpc) is 2.59. The number of fused-ring (bicyclic) bond motifs is 2. The van der Waals surface area contributed by atoms with E-state index >= 15 is 0 Å². The topological polar surface area (TPSA) is 62.8 Å². The third-order valence-corrected chi connectivity index (χ3v) is 4.62. The molecule has 0 saturated carbocycles. The molecule has 70 valence electrons. The minimum Gasteiger partial charge on any atom is -0.304 e. The van der Waals surface area contributed by atoms with Crippen molar-refractivity contribution in [2.75, 3.05) is 0 Å². The lowest BCUT2D eigenvalue weighted by Gasteiger charge is -1.92. The number of nitrogens with zero attached hydrogens (tertiary/aromatic N) is 1. The van der Waals surface area contributed by atoms with Crippen molar-refractivity contribution in [2.45, 2.75) is 0 Å². The number of hydrogen-bond acceptors (Lipinski definition) is 6. The highest BCUT2D eigenvalue weighted by Crippen LogP contribution is 2.33. The molecule has 0 amide bonds. The van der Waals surface area contributed by atoms with E-state index in [1.807, 2.05) is 6.07 Å². The number of hydrogen-bond donors (Lipinski definition) is 1. The molecular formula is C7H2N2O2S3. The van der Waals surface area contributed by atoms with Gasteiger partial charge in [0.2, 0.25) is 0 Å². The number of aromatic nitrogens is 2. The van der Waals surface area contributed by atoms with Crippen molar-refractivity contribution in [1.82, 2.24) is 9.97 Å². The molecule has 1 aromatic rings. The van der Waals surface area contributed by atoms with Gasteiger partial charge < -0.3 is 4.98 Å². The molecule has 0 aromatic carbocycles. The van der Waals surface area contributed by atoms with Gasteiger partial charge in [0, 0.05) is 0 Å². The molecule has 0 aliphatic carbocycles. The number of H-pyrrole nitrogens is 1. The maximum atomic E-state index is 11.0. The molecule has 1 aromatic heterocycles. The van der Waals surface area contributed by atoms with Crippen molar-refractivity contribution in [3.8, 4) is 9.88 Å². The van der Waals surface area contributed by atoms with Gasteiger partial charge in [-0.15, -0.1) is 0 Å². The molecular weight excluding hydrogens is 240 g/mol. The van der Waals surface area contributed by atoms with Crippen molar-refractivity contribution >= 4 is 43.5 Å². The summed E-state index contributed by atoms with van der Waals surface area (Å²) in [6, 6.07) is 1.84. The Labute approximate surface area is 88.8 Å². The standard InChI is InChI=1S/C7H2N2O2S3/c10-6-8-4-2(12-6)1-3-5(14-4)9-7(11)13-3/h1H,(H,8,10). The van der Waals surface area contributed by atoms with Gasteiger partial charge in [0.1, 0.15) is 9.84 Å². The number of thiazole rings is 2. The van der Waals surface area contributed by atoms with E-state index in [-0.39, 0.29) is 9.75 Å². The van der Waals surface area contributed by atoms with Gasteiger partial charge in [-0.2, -0.15) is 4.98 Å². The second kappa shape index (κ2) is 2.72. The Balaban J connectivity index is 2.57. The predicted molar refractivity (Wildman–Crippen MR) is 58.9 cm³/mol. The van der Waals surface area contributed by atoms with Gasteiger partial charge in [0.05, 0.1) is 9.58 Å². The molecule has 3 rings (SSSR count). The molecule has 2 aliphatic rings. The molecule has 0 fully saturated rings. The van der Waals surface area contributed by atoms with Crippen LogP contribution in [0, 0.1) is 0 Å². The highest BCUT2D eigenvalue weighted by molar-refractivity contribution is 7.29. The molecule has 1 N–H and O–H groups in total. The van der Waals surface area contributed by atoms with Gasteiger partial charge >= 0.3 is 9.75 Å². The second-order valence-corrected chi connectivity index (χ2v) is 5.61. The highest BCUT2D eigenvalue weighted by Gasteiger charge is 2.12. The number of aromatic amines is 1. The summed E-state index contributed by atoms with van der Waals surface area (Å²) < 4.78 is 0.885. The summed E-state index contributed by atoms with van der Waals surface area (Å²) >= 11 is 3.61. The van der Waals surface area contributed by atoms with E-state index < -0.39 is 0 Å². The van der Waals surface area contributed by atoms with Gasteiger partial charge in [-0.1, -0.05) is 34.0 Å². The van der Waals surface area contributed by atoms with Crippen LogP contribution < -0.4 is 9.75 Å². The van der Waals surface area contributed by atoms with Crippen LogP contribution in [0.4, 0.5) is 0 Å². The Morgan fingerprint density at radius 2 is 2.07 bits per heavy atom. The Hall–Kier alpha value is -1.05. The van der Waals surface area contributed by atoms with Crippen molar-refractivity contribution in [2.24, 2.45) is 0 Å². The lowest BCUT2D eigenvalue weighted by atomic mass is 10.5. The molecule has 0 saturated heterocycles. The minimum absolute atomic E-state index is 0.0729. The van der Waals surface area contributed by atoms with Crippen molar-refractivity contribution in [3.05, 3.63) is 25.4 Å². The summed E-state index contributed by atoms with van der Waals surface area (Å²) in [6.07, 6.45) is 0. The zero-order valence-corrected chi connectivity index (χ0v) is 9.02. The zero-order valence-electron chi connectivity index (χ0n) is 6.57. The van der Waals surface area contributed by atoms with E-state index in [9.17, 15) is 9.59 Å². The zero-order chi connectivity index (χ0) is 9.71. The highest BCUT2D eigenvalue weighted by atomic mass is 32.1. The minimum atomic E-state index is -0.184. The molecule has 0 radical (unpaired) electrons. The van der Waals surface area contributed by atoms with Crippen LogP contribution in [0.25, 0.3) is 19.4 Å². The molecule has 7 heteroatoms. The van der Waals surface area contributed by atoms with Crippen LogP contribution in [0.5, 0.6) is 0 Å². The Kier molecular flexibility index (Phi) is 1.61. The Morgan fingerprint density at radius 3 is 2.93 bits per heavy atom. The van der Waals surface area contributed by atoms with E-state index in [1.54, 1.807) is 0 Å². The first-order valence-electron chi connectivity index (χ1n) is 3.66. The van der Waals surface area contributed by atoms with Crippen LogP contribution in [-0.2, 0) is 0 Å².